The zero-order valence-corrected chi connectivity index (χ0v) is 12.5. The van der Waals surface area contributed by atoms with Crippen LogP contribution in [0.5, 0.6) is 0 Å². The van der Waals surface area contributed by atoms with Crippen molar-refractivity contribution in [2.75, 3.05) is 6.54 Å². The molecule has 1 N–H and O–H groups in total. The van der Waals surface area contributed by atoms with Crippen LogP contribution in [0.25, 0.3) is 10.9 Å². The fourth-order valence-electron chi connectivity index (χ4n) is 2.59. The molecule has 1 unspecified atom stereocenters. The van der Waals surface area contributed by atoms with Crippen molar-refractivity contribution in [3.63, 3.8) is 0 Å². The van der Waals surface area contributed by atoms with E-state index in [9.17, 15) is 0 Å². The van der Waals surface area contributed by atoms with Crippen LogP contribution in [0.2, 0.25) is 0 Å². The number of pyridine rings is 1. The highest BCUT2D eigenvalue weighted by Gasteiger charge is 2.16. The SMILES string of the molecule is CCCNC(c1coc(C)c1)c1ccc2cccnc2c1. The van der Waals surface area contributed by atoms with Gasteiger partial charge < -0.3 is 9.73 Å². The van der Waals surface area contributed by atoms with E-state index in [1.165, 1.54) is 10.9 Å². The topological polar surface area (TPSA) is 38.1 Å². The fourth-order valence-corrected chi connectivity index (χ4v) is 2.59. The first-order valence-electron chi connectivity index (χ1n) is 7.41. The number of rotatable bonds is 5. The molecule has 2 heterocycles. The monoisotopic (exact) mass is 280 g/mol. The minimum Gasteiger partial charge on any atom is -0.469 e. The van der Waals surface area contributed by atoms with Crippen molar-refractivity contribution in [3.8, 4) is 0 Å². The summed E-state index contributed by atoms with van der Waals surface area (Å²) >= 11 is 0. The number of furan rings is 1. The maximum Gasteiger partial charge on any atom is 0.101 e. The van der Waals surface area contributed by atoms with Crippen molar-refractivity contribution in [2.45, 2.75) is 26.3 Å². The van der Waals surface area contributed by atoms with Crippen molar-refractivity contribution in [3.05, 3.63) is 65.7 Å². The van der Waals surface area contributed by atoms with Crippen molar-refractivity contribution in [1.29, 1.82) is 0 Å². The molecule has 0 radical (unpaired) electrons. The van der Waals surface area contributed by atoms with Gasteiger partial charge in [0.15, 0.2) is 0 Å². The van der Waals surface area contributed by atoms with E-state index < -0.39 is 0 Å². The largest absolute Gasteiger partial charge is 0.469 e. The Morgan fingerprint density at radius 1 is 1.19 bits per heavy atom. The zero-order chi connectivity index (χ0) is 14.7. The number of hydrogen-bond acceptors (Lipinski definition) is 3. The highest BCUT2D eigenvalue weighted by molar-refractivity contribution is 5.79. The molecule has 1 atom stereocenters. The maximum atomic E-state index is 5.48. The molecule has 0 aliphatic carbocycles. The molecule has 3 aromatic rings. The number of hydrogen-bond donors (Lipinski definition) is 1. The zero-order valence-electron chi connectivity index (χ0n) is 12.5. The number of benzene rings is 1. The van der Waals surface area contributed by atoms with Gasteiger partial charge in [0.2, 0.25) is 0 Å². The second kappa shape index (κ2) is 6.10. The summed E-state index contributed by atoms with van der Waals surface area (Å²) in [7, 11) is 0. The van der Waals surface area contributed by atoms with Gasteiger partial charge >= 0.3 is 0 Å². The summed E-state index contributed by atoms with van der Waals surface area (Å²) in [5.74, 6) is 0.937. The van der Waals surface area contributed by atoms with E-state index in [1.54, 1.807) is 0 Å². The first-order valence-corrected chi connectivity index (χ1v) is 7.41. The first-order chi connectivity index (χ1) is 10.3. The van der Waals surface area contributed by atoms with E-state index in [0.717, 1.165) is 29.8 Å². The summed E-state index contributed by atoms with van der Waals surface area (Å²) in [6.07, 6.45) is 4.77. The molecule has 0 amide bonds. The predicted molar refractivity (Wildman–Crippen MR) is 85.3 cm³/mol. The third-order valence-corrected chi connectivity index (χ3v) is 3.65. The Balaban J connectivity index is 2.00. The number of fused-ring (bicyclic) bond motifs is 1. The van der Waals surface area contributed by atoms with Gasteiger partial charge in [0.25, 0.3) is 0 Å². The van der Waals surface area contributed by atoms with Gasteiger partial charge in [-0.3, -0.25) is 4.98 Å². The van der Waals surface area contributed by atoms with Crippen LogP contribution in [-0.4, -0.2) is 11.5 Å². The second-order valence-corrected chi connectivity index (χ2v) is 5.33. The molecule has 0 fully saturated rings. The predicted octanol–water partition coefficient (Wildman–Crippen LogP) is 4.23. The lowest BCUT2D eigenvalue weighted by atomic mass is 9.99. The van der Waals surface area contributed by atoms with Gasteiger partial charge in [-0.15, -0.1) is 0 Å². The minimum absolute atomic E-state index is 0.147. The molecule has 0 saturated carbocycles. The standard InChI is InChI=1S/C18H20N2O/c1-3-8-20-18(16-10-13(2)21-12-16)15-7-6-14-5-4-9-19-17(14)11-15/h4-7,9-12,18,20H,3,8H2,1-2H3. The van der Waals surface area contributed by atoms with Gasteiger partial charge in [-0.25, -0.2) is 0 Å². The highest BCUT2D eigenvalue weighted by atomic mass is 16.3. The Bertz CT molecular complexity index is 733. The quantitative estimate of drug-likeness (QED) is 0.760. The molecule has 0 saturated heterocycles. The van der Waals surface area contributed by atoms with E-state index in [2.05, 4.69) is 47.6 Å². The normalized spacial score (nSPS) is 12.7. The molecule has 0 aliphatic heterocycles. The third-order valence-electron chi connectivity index (χ3n) is 3.65. The first kappa shape index (κ1) is 13.8. The Labute approximate surface area is 125 Å². The summed E-state index contributed by atoms with van der Waals surface area (Å²) in [4.78, 5) is 4.45. The van der Waals surface area contributed by atoms with Gasteiger partial charge in [0, 0.05) is 17.1 Å². The number of aromatic nitrogens is 1. The van der Waals surface area contributed by atoms with E-state index in [0.29, 0.717) is 0 Å². The Morgan fingerprint density at radius 2 is 2.10 bits per heavy atom. The van der Waals surface area contributed by atoms with Crippen molar-refractivity contribution in [2.24, 2.45) is 0 Å². The van der Waals surface area contributed by atoms with E-state index in [1.807, 2.05) is 25.5 Å². The van der Waals surface area contributed by atoms with Crippen LogP contribution in [0.4, 0.5) is 0 Å². The van der Waals surface area contributed by atoms with Gasteiger partial charge in [0.1, 0.15) is 5.76 Å². The fraction of sp³-hybridized carbons (Fsp3) is 0.278. The van der Waals surface area contributed by atoms with Crippen LogP contribution < -0.4 is 5.32 Å². The molecule has 3 rings (SSSR count). The van der Waals surface area contributed by atoms with E-state index >= 15 is 0 Å². The van der Waals surface area contributed by atoms with Crippen molar-refractivity contribution < 1.29 is 4.42 Å². The molecular formula is C18H20N2O. The summed E-state index contributed by atoms with van der Waals surface area (Å²) in [5.41, 5.74) is 3.41. The lowest BCUT2D eigenvalue weighted by Crippen LogP contribution is -2.22. The van der Waals surface area contributed by atoms with Gasteiger partial charge in [-0.2, -0.15) is 0 Å². The van der Waals surface area contributed by atoms with E-state index in [4.69, 9.17) is 4.42 Å². The van der Waals surface area contributed by atoms with Crippen LogP contribution >= 0.6 is 0 Å². The number of nitrogens with one attached hydrogen (secondary N) is 1. The van der Waals surface area contributed by atoms with Crippen LogP contribution in [-0.2, 0) is 0 Å². The van der Waals surface area contributed by atoms with Crippen molar-refractivity contribution in [1.82, 2.24) is 10.3 Å². The molecule has 2 aromatic heterocycles. The molecular weight excluding hydrogens is 260 g/mol. The Kier molecular flexibility index (Phi) is 4.02. The Morgan fingerprint density at radius 3 is 2.86 bits per heavy atom. The molecule has 0 bridgehead atoms. The lowest BCUT2D eigenvalue weighted by Gasteiger charge is -2.18. The summed E-state index contributed by atoms with van der Waals surface area (Å²) in [5, 5.41) is 4.76. The average Bonchev–Trinajstić information content (AvgIpc) is 2.94. The maximum absolute atomic E-state index is 5.48. The van der Waals surface area contributed by atoms with Crippen molar-refractivity contribution >= 4 is 10.9 Å². The van der Waals surface area contributed by atoms with Gasteiger partial charge in [0.05, 0.1) is 17.8 Å². The van der Waals surface area contributed by atoms with Crippen LogP contribution in [0.1, 0.15) is 36.3 Å². The molecule has 1 aromatic carbocycles. The van der Waals surface area contributed by atoms with Crippen LogP contribution in [0, 0.1) is 6.92 Å². The van der Waals surface area contributed by atoms with Gasteiger partial charge in [-0.05, 0) is 43.7 Å². The molecule has 3 nitrogen and oxygen atoms in total. The Hall–Kier alpha value is -2.13. The summed E-state index contributed by atoms with van der Waals surface area (Å²) < 4.78 is 5.48. The van der Waals surface area contributed by atoms with E-state index in [-0.39, 0.29) is 6.04 Å². The number of nitrogens with zero attached hydrogens (tertiary/aromatic N) is 1. The average molecular weight is 280 g/mol. The van der Waals surface area contributed by atoms with Crippen LogP contribution in [0.3, 0.4) is 0 Å². The minimum atomic E-state index is 0.147. The van der Waals surface area contributed by atoms with Crippen LogP contribution in [0.15, 0.2) is 53.3 Å². The molecule has 3 heteroatoms. The lowest BCUT2D eigenvalue weighted by molar-refractivity contribution is 0.524. The molecule has 108 valence electrons. The number of aryl methyl sites for hydroxylation is 1. The van der Waals surface area contributed by atoms with Gasteiger partial charge in [-0.1, -0.05) is 25.1 Å². The molecule has 21 heavy (non-hydrogen) atoms. The summed E-state index contributed by atoms with van der Waals surface area (Å²) in [6.45, 7) is 5.12. The molecule has 0 spiro atoms. The third kappa shape index (κ3) is 2.98. The summed E-state index contributed by atoms with van der Waals surface area (Å²) in [6, 6.07) is 12.7. The second-order valence-electron chi connectivity index (χ2n) is 5.33. The highest BCUT2D eigenvalue weighted by Crippen LogP contribution is 2.26. The smallest absolute Gasteiger partial charge is 0.101 e. The molecule has 0 aliphatic rings.